The molecule has 0 spiro atoms. The second-order valence-corrected chi connectivity index (χ2v) is 7.79. The number of ether oxygens (including phenoxy) is 1. The molecule has 1 amide bonds. The summed E-state index contributed by atoms with van der Waals surface area (Å²) in [4.78, 5) is 27.5. The number of nitrogens with zero attached hydrogens (tertiary/aromatic N) is 1. The van der Waals surface area contributed by atoms with Crippen molar-refractivity contribution in [3.8, 4) is 5.75 Å². The molecule has 0 N–H and O–H groups in total. The van der Waals surface area contributed by atoms with Crippen LogP contribution in [0.2, 0.25) is 0 Å². The van der Waals surface area contributed by atoms with Crippen molar-refractivity contribution in [1.29, 1.82) is 0 Å². The lowest BCUT2D eigenvalue weighted by atomic mass is 10.1. The maximum Gasteiger partial charge on any atom is 0.266 e. The van der Waals surface area contributed by atoms with E-state index in [4.69, 9.17) is 21.4 Å². The minimum Gasteiger partial charge on any atom is -0.493 e. The van der Waals surface area contributed by atoms with Crippen molar-refractivity contribution in [2.45, 2.75) is 6.54 Å². The van der Waals surface area contributed by atoms with Crippen LogP contribution in [-0.4, -0.2) is 22.2 Å². The van der Waals surface area contributed by atoms with Gasteiger partial charge in [0.1, 0.15) is 10.6 Å². The molecule has 0 saturated carbocycles. The Bertz CT molecular complexity index is 1170. The molecule has 28 heavy (non-hydrogen) atoms. The van der Waals surface area contributed by atoms with E-state index in [2.05, 4.69) is 0 Å². The zero-order valence-corrected chi connectivity index (χ0v) is 16.5. The molecule has 1 fully saturated rings. The lowest BCUT2D eigenvalue weighted by Gasteiger charge is -2.14. The number of carbonyl (C=O) groups is 1. The Morgan fingerprint density at radius 3 is 2.68 bits per heavy atom. The largest absolute Gasteiger partial charge is 0.493 e. The van der Waals surface area contributed by atoms with Crippen molar-refractivity contribution in [3.05, 3.63) is 81.0 Å². The highest BCUT2D eigenvalue weighted by Gasteiger charge is 2.32. The van der Waals surface area contributed by atoms with Crippen LogP contribution in [0, 0.1) is 0 Å². The van der Waals surface area contributed by atoms with Crippen LogP contribution in [0.15, 0.2) is 68.9 Å². The average molecular weight is 409 g/mol. The topological polar surface area (TPSA) is 59.8 Å². The molecule has 0 unspecified atom stereocenters. The van der Waals surface area contributed by atoms with Gasteiger partial charge in [-0.15, -0.1) is 0 Å². The number of para-hydroxylation sites is 1. The van der Waals surface area contributed by atoms with Crippen LogP contribution in [0.1, 0.15) is 11.1 Å². The Morgan fingerprint density at radius 1 is 1.14 bits per heavy atom. The first-order chi connectivity index (χ1) is 13.6. The minimum absolute atomic E-state index is 0.219. The van der Waals surface area contributed by atoms with Crippen LogP contribution >= 0.6 is 24.0 Å². The van der Waals surface area contributed by atoms with E-state index in [1.165, 1.54) is 36.1 Å². The number of benzene rings is 2. The normalized spacial score (nSPS) is 15.6. The summed E-state index contributed by atoms with van der Waals surface area (Å²) in [7, 11) is 1.51. The molecule has 140 valence electrons. The molecule has 0 bridgehead atoms. The molecule has 1 saturated heterocycles. The summed E-state index contributed by atoms with van der Waals surface area (Å²) in [5.74, 6) is 0.263. The van der Waals surface area contributed by atoms with E-state index in [1.54, 1.807) is 18.2 Å². The zero-order chi connectivity index (χ0) is 19.7. The van der Waals surface area contributed by atoms with Crippen molar-refractivity contribution >= 4 is 51.3 Å². The van der Waals surface area contributed by atoms with Gasteiger partial charge in [-0.2, -0.15) is 0 Å². The van der Waals surface area contributed by atoms with Gasteiger partial charge in [0.2, 0.25) is 0 Å². The third-order valence-electron chi connectivity index (χ3n) is 4.35. The summed E-state index contributed by atoms with van der Waals surface area (Å²) in [5, 5.41) is 0.396. The maximum absolute atomic E-state index is 12.8. The third kappa shape index (κ3) is 3.34. The van der Waals surface area contributed by atoms with Gasteiger partial charge < -0.3 is 9.15 Å². The van der Waals surface area contributed by atoms with Crippen LogP contribution in [0.3, 0.4) is 0 Å². The summed E-state index contributed by atoms with van der Waals surface area (Å²) in [5.41, 5.74) is 1.43. The standard InChI is InChI=1S/C21H15NO4S2/c1-25-16-9-5-8-15-18(23)14(12-26-19(15)16)10-17-20(24)22(21(27)28-17)11-13-6-3-2-4-7-13/h2-10,12H,11H2,1H3/b17-10+. The molecule has 5 nitrogen and oxygen atoms in total. The number of fused-ring (bicyclic) bond motifs is 1. The van der Waals surface area contributed by atoms with E-state index in [0.29, 0.717) is 38.1 Å². The summed E-state index contributed by atoms with van der Waals surface area (Å²) >= 11 is 6.54. The smallest absolute Gasteiger partial charge is 0.266 e. The van der Waals surface area contributed by atoms with E-state index in [1.807, 2.05) is 30.3 Å². The van der Waals surface area contributed by atoms with Gasteiger partial charge in [0.15, 0.2) is 16.8 Å². The molecule has 0 atom stereocenters. The van der Waals surface area contributed by atoms with Crippen molar-refractivity contribution in [1.82, 2.24) is 4.90 Å². The summed E-state index contributed by atoms with van der Waals surface area (Å²) in [6.07, 6.45) is 2.88. The summed E-state index contributed by atoms with van der Waals surface area (Å²) in [6, 6.07) is 14.7. The predicted octanol–water partition coefficient (Wildman–Crippen LogP) is 4.20. The molecular weight excluding hydrogens is 394 g/mol. The van der Waals surface area contributed by atoms with Gasteiger partial charge in [0, 0.05) is 0 Å². The summed E-state index contributed by atoms with van der Waals surface area (Å²) < 4.78 is 11.3. The van der Waals surface area contributed by atoms with Gasteiger partial charge in [-0.25, -0.2) is 0 Å². The lowest BCUT2D eigenvalue weighted by Crippen LogP contribution is -2.27. The van der Waals surface area contributed by atoms with Crippen molar-refractivity contribution < 1.29 is 13.9 Å². The fraction of sp³-hybridized carbons (Fsp3) is 0.0952. The predicted molar refractivity (Wildman–Crippen MR) is 114 cm³/mol. The first-order valence-electron chi connectivity index (χ1n) is 8.46. The molecule has 0 aliphatic carbocycles. The molecule has 1 aromatic heterocycles. The van der Waals surface area contributed by atoms with Crippen LogP contribution < -0.4 is 10.2 Å². The van der Waals surface area contributed by atoms with Gasteiger partial charge in [0.05, 0.1) is 29.5 Å². The number of carbonyl (C=O) groups excluding carboxylic acids is 1. The van der Waals surface area contributed by atoms with Gasteiger partial charge in [-0.05, 0) is 23.8 Å². The molecule has 2 aromatic carbocycles. The SMILES string of the molecule is COc1cccc2c(=O)c(/C=C3/SC(=S)N(Cc4ccccc4)C3=O)coc12. The fourth-order valence-electron chi connectivity index (χ4n) is 2.95. The second-order valence-electron chi connectivity index (χ2n) is 6.11. The highest BCUT2D eigenvalue weighted by Crippen LogP contribution is 2.33. The van der Waals surface area contributed by atoms with Gasteiger partial charge in [0.25, 0.3) is 5.91 Å². The van der Waals surface area contributed by atoms with Gasteiger partial charge >= 0.3 is 0 Å². The fourth-order valence-corrected chi connectivity index (χ4v) is 4.20. The number of hydrogen-bond donors (Lipinski definition) is 0. The highest BCUT2D eigenvalue weighted by atomic mass is 32.2. The third-order valence-corrected chi connectivity index (χ3v) is 5.73. The van der Waals surface area contributed by atoms with Crippen LogP contribution in [-0.2, 0) is 11.3 Å². The lowest BCUT2D eigenvalue weighted by molar-refractivity contribution is -0.122. The number of thiocarbonyl (C=S) groups is 1. The number of rotatable bonds is 4. The van der Waals surface area contributed by atoms with E-state index in [0.717, 1.165) is 5.56 Å². The van der Waals surface area contributed by atoms with E-state index >= 15 is 0 Å². The van der Waals surface area contributed by atoms with Crippen molar-refractivity contribution in [2.24, 2.45) is 0 Å². The van der Waals surface area contributed by atoms with Crippen LogP contribution in [0.5, 0.6) is 5.75 Å². The van der Waals surface area contributed by atoms with E-state index < -0.39 is 0 Å². The first-order valence-corrected chi connectivity index (χ1v) is 9.69. The molecule has 4 rings (SSSR count). The second kappa shape index (κ2) is 7.61. The minimum atomic E-state index is -0.228. The molecule has 2 heterocycles. The van der Waals surface area contributed by atoms with Gasteiger partial charge in [-0.3, -0.25) is 14.5 Å². The Labute approximate surface area is 170 Å². The number of amides is 1. The van der Waals surface area contributed by atoms with E-state index in [9.17, 15) is 9.59 Å². The number of methoxy groups -OCH3 is 1. The maximum atomic E-state index is 12.8. The molecule has 1 aliphatic rings. The average Bonchev–Trinajstić information content (AvgIpc) is 2.98. The Balaban J connectivity index is 1.68. The van der Waals surface area contributed by atoms with Crippen LogP contribution in [0.4, 0.5) is 0 Å². The monoisotopic (exact) mass is 409 g/mol. The number of thioether (sulfide) groups is 1. The molecule has 1 aliphatic heterocycles. The molecule has 0 radical (unpaired) electrons. The van der Waals surface area contributed by atoms with Gasteiger partial charge in [-0.1, -0.05) is 60.4 Å². The first kappa shape index (κ1) is 18.5. The van der Waals surface area contributed by atoms with Crippen LogP contribution in [0.25, 0.3) is 17.0 Å². The zero-order valence-electron chi connectivity index (χ0n) is 14.9. The molecule has 7 heteroatoms. The highest BCUT2D eigenvalue weighted by molar-refractivity contribution is 8.26. The number of hydrogen-bond acceptors (Lipinski definition) is 6. The molecule has 3 aromatic rings. The van der Waals surface area contributed by atoms with Crippen molar-refractivity contribution in [2.75, 3.05) is 7.11 Å². The van der Waals surface area contributed by atoms with E-state index in [-0.39, 0.29) is 11.3 Å². The molecular formula is C21H15NO4S2. The summed E-state index contributed by atoms with van der Waals surface area (Å²) in [6.45, 7) is 0.395. The Morgan fingerprint density at radius 2 is 1.93 bits per heavy atom. The Kier molecular flexibility index (Phi) is 5.02. The quantitative estimate of drug-likeness (QED) is 0.475. The Hall–Kier alpha value is -2.90. The van der Waals surface area contributed by atoms with Crippen molar-refractivity contribution in [3.63, 3.8) is 0 Å².